The largest absolute Gasteiger partial charge is 0.356 e. The molecule has 3 nitrogen and oxygen atoms in total. The molecule has 0 spiro atoms. The highest BCUT2D eigenvalue weighted by Crippen LogP contribution is 2.31. The molecule has 2 aromatic carbocycles. The van der Waals surface area contributed by atoms with Crippen LogP contribution in [0, 0.1) is 11.6 Å². The van der Waals surface area contributed by atoms with Crippen molar-refractivity contribution in [2.24, 2.45) is 5.73 Å². The third kappa shape index (κ3) is 1.98. The van der Waals surface area contributed by atoms with Gasteiger partial charge in [0.2, 0.25) is 0 Å². The van der Waals surface area contributed by atoms with Gasteiger partial charge in [-0.3, -0.25) is 0 Å². The molecule has 0 aliphatic rings. The maximum absolute atomic E-state index is 13.4. The molecule has 1 aromatic heterocycles. The van der Waals surface area contributed by atoms with Crippen molar-refractivity contribution in [2.75, 3.05) is 0 Å². The molecule has 0 saturated heterocycles. The van der Waals surface area contributed by atoms with E-state index < -0.39 is 11.6 Å². The highest BCUT2D eigenvalue weighted by molar-refractivity contribution is 5.92. The normalized spacial score (nSPS) is 11.1. The van der Waals surface area contributed by atoms with Crippen molar-refractivity contribution in [2.45, 2.75) is 6.54 Å². The van der Waals surface area contributed by atoms with E-state index in [2.05, 4.69) is 5.16 Å². The predicted octanol–water partition coefficient (Wildman–Crippen LogP) is 3.23. The van der Waals surface area contributed by atoms with Crippen molar-refractivity contribution in [1.29, 1.82) is 0 Å². The van der Waals surface area contributed by atoms with Gasteiger partial charge in [-0.25, -0.2) is 8.78 Å². The van der Waals surface area contributed by atoms with E-state index in [1.807, 2.05) is 0 Å². The minimum absolute atomic E-state index is 0.235. The average Bonchev–Trinajstić information content (AvgIpc) is 2.81. The Morgan fingerprint density at radius 3 is 2.58 bits per heavy atom. The van der Waals surface area contributed by atoms with Gasteiger partial charge in [-0.15, -0.1) is 0 Å². The van der Waals surface area contributed by atoms with Crippen LogP contribution in [0.2, 0.25) is 0 Å². The van der Waals surface area contributed by atoms with Crippen LogP contribution in [-0.2, 0) is 6.54 Å². The first-order chi connectivity index (χ1) is 9.19. The van der Waals surface area contributed by atoms with Gasteiger partial charge in [-0.1, -0.05) is 11.2 Å². The van der Waals surface area contributed by atoms with Crippen molar-refractivity contribution in [3.63, 3.8) is 0 Å². The zero-order valence-corrected chi connectivity index (χ0v) is 9.86. The summed E-state index contributed by atoms with van der Waals surface area (Å²) in [4.78, 5) is 0. The minimum Gasteiger partial charge on any atom is -0.356 e. The van der Waals surface area contributed by atoms with Crippen molar-refractivity contribution in [3.8, 4) is 11.3 Å². The molecule has 0 radical (unpaired) electrons. The first-order valence-corrected chi connectivity index (χ1v) is 5.73. The maximum Gasteiger partial charge on any atom is 0.167 e. The van der Waals surface area contributed by atoms with Crippen LogP contribution in [0.4, 0.5) is 8.78 Å². The number of rotatable bonds is 2. The minimum atomic E-state index is -0.403. The van der Waals surface area contributed by atoms with Gasteiger partial charge in [0.1, 0.15) is 17.3 Å². The van der Waals surface area contributed by atoms with Gasteiger partial charge in [-0.05, 0) is 35.9 Å². The van der Waals surface area contributed by atoms with E-state index in [0.29, 0.717) is 22.2 Å². The number of halogens is 2. The summed E-state index contributed by atoms with van der Waals surface area (Å²) < 4.78 is 31.8. The highest BCUT2D eigenvalue weighted by Gasteiger charge is 2.14. The molecule has 0 aliphatic carbocycles. The summed E-state index contributed by atoms with van der Waals surface area (Å²) in [6.45, 7) is 0.235. The Kier molecular flexibility index (Phi) is 2.76. The molecule has 0 atom stereocenters. The monoisotopic (exact) mass is 260 g/mol. The van der Waals surface area contributed by atoms with E-state index >= 15 is 0 Å². The summed E-state index contributed by atoms with van der Waals surface area (Å²) >= 11 is 0. The second-order valence-electron chi connectivity index (χ2n) is 4.18. The molecule has 2 N–H and O–H groups in total. The quantitative estimate of drug-likeness (QED) is 0.769. The highest BCUT2D eigenvalue weighted by atomic mass is 19.1. The Hall–Kier alpha value is -2.27. The first-order valence-electron chi connectivity index (χ1n) is 5.73. The van der Waals surface area contributed by atoms with E-state index in [9.17, 15) is 8.78 Å². The fraction of sp³-hybridized carbons (Fsp3) is 0.0714. The van der Waals surface area contributed by atoms with Gasteiger partial charge in [-0.2, -0.15) is 0 Å². The van der Waals surface area contributed by atoms with E-state index in [1.54, 1.807) is 6.07 Å². The Balaban J connectivity index is 2.29. The van der Waals surface area contributed by atoms with Crippen LogP contribution < -0.4 is 5.73 Å². The van der Waals surface area contributed by atoms with Gasteiger partial charge in [0.15, 0.2) is 5.58 Å². The van der Waals surface area contributed by atoms with Gasteiger partial charge in [0.25, 0.3) is 0 Å². The predicted molar refractivity (Wildman–Crippen MR) is 67.3 cm³/mol. The fourth-order valence-electron chi connectivity index (χ4n) is 2.05. The van der Waals surface area contributed by atoms with E-state index in [1.165, 1.54) is 30.3 Å². The van der Waals surface area contributed by atoms with Gasteiger partial charge >= 0.3 is 0 Å². The second-order valence-corrected chi connectivity index (χ2v) is 4.18. The van der Waals surface area contributed by atoms with Crippen molar-refractivity contribution < 1.29 is 13.3 Å². The number of hydrogen-bond acceptors (Lipinski definition) is 3. The van der Waals surface area contributed by atoms with Crippen molar-refractivity contribution >= 4 is 11.0 Å². The Bertz CT molecular complexity index is 752. The lowest BCUT2D eigenvalue weighted by atomic mass is 10.0. The topological polar surface area (TPSA) is 52.0 Å². The van der Waals surface area contributed by atoms with Crippen LogP contribution in [0.1, 0.15) is 5.56 Å². The van der Waals surface area contributed by atoms with Crippen molar-refractivity contribution in [1.82, 2.24) is 5.16 Å². The third-order valence-electron chi connectivity index (χ3n) is 2.98. The maximum atomic E-state index is 13.4. The van der Waals surface area contributed by atoms with E-state index in [4.69, 9.17) is 10.3 Å². The van der Waals surface area contributed by atoms with Crippen LogP contribution in [0.3, 0.4) is 0 Å². The standard InChI is InChI=1S/C14H10F2N2O/c15-9-2-1-8(7-17)11(5-9)14-12-6-10(16)3-4-13(12)19-18-14/h1-6H,7,17H2. The van der Waals surface area contributed by atoms with Crippen LogP contribution in [0.15, 0.2) is 40.9 Å². The molecule has 0 fully saturated rings. The molecular formula is C14H10F2N2O. The number of nitrogens with zero attached hydrogens (tertiary/aromatic N) is 1. The lowest BCUT2D eigenvalue weighted by Crippen LogP contribution is -1.99. The zero-order chi connectivity index (χ0) is 13.4. The zero-order valence-electron chi connectivity index (χ0n) is 9.86. The van der Waals surface area contributed by atoms with Crippen LogP contribution in [-0.4, -0.2) is 5.16 Å². The summed E-state index contributed by atoms with van der Waals surface area (Å²) in [7, 11) is 0. The van der Waals surface area contributed by atoms with Crippen molar-refractivity contribution in [3.05, 3.63) is 53.6 Å². The average molecular weight is 260 g/mol. The van der Waals surface area contributed by atoms with Gasteiger partial charge in [0, 0.05) is 12.1 Å². The third-order valence-corrected chi connectivity index (χ3v) is 2.98. The molecule has 5 heteroatoms. The Morgan fingerprint density at radius 1 is 1.05 bits per heavy atom. The number of benzene rings is 2. The molecule has 0 saturated carbocycles. The smallest absolute Gasteiger partial charge is 0.167 e. The molecule has 3 rings (SSSR count). The summed E-state index contributed by atoms with van der Waals surface area (Å²) in [5.74, 6) is -0.803. The molecule has 0 aliphatic heterocycles. The Labute approximate surface area is 107 Å². The summed E-state index contributed by atoms with van der Waals surface area (Å²) in [5.41, 5.74) is 7.71. The lowest BCUT2D eigenvalue weighted by molar-refractivity contribution is 0.459. The number of nitrogens with two attached hydrogens (primary N) is 1. The first kappa shape index (κ1) is 11.8. The Morgan fingerprint density at radius 2 is 1.79 bits per heavy atom. The molecule has 96 valence electrons. The summed E-state index contributed by atoms with van der Waals surface area (Å²) in [6, 6.07) is 8.32. The second kappa shape index (κ2) is 4.44. The summed E-state index contributed by atoms with van der Waals surface area (Å²) in [6.07, 6.45) is 0. The van der Waals surface area contributed by atoms with Crippen LogP contribution >= 0.6 is 0 Å². The number of aromatic nitrogens is 1. The molecule has 0 bridgehead atoms. The molecule has 19 heavy (non-hydrogen) atoms. The van der Waals surface area contributed by atoms with Crippen LogP contribution in [0.5, 0.6) is 0 Å². The molecule has 3 aromatic rings. The fourth-order valence-corrected chi connectivity index (χ4v) is 2.05. The molecular weight excluding hydrogens is 250 g/mol. The van der Waals surface area contributed by atoms with Gasteiger partial charge in [0.05, 0.1) is 5.39 Å². The van der Waals surface area contributed by atoms with E-state index in [-0.39, 0.29) is 6.54 Å². The lowest BCUT2D eigenvalue weighted by Gasteiger charge is -2.05. The van der Waals surface area contributed by atoms with E-state index in [0.717, 1.165) is 5.56 Å². The van der Waals surface area contributed by atoms with Crippen LogP contribution in [0.25, 0.3) is 22.2 Å². The molecule has 0 unspecified atom stereocenters. The summed E-state index contributed by atoms with van der Waals surface area (Å²) in [5, 5.41) is 4.39. The SMILES string of the molecule is NCc1ccc(F)cc1-c1noc2ccc(F)cc12. The number of hydrogen-bond donors (Lipinski definition) is 1. The molecule has 0 amide bonds. The van der Waals surface area contributed by atoms with Gasteiger partial charge < -0.3 is 10.3 Å². The number of fused-ring (bicyclic) bond motifs is 1. The molecule has 1 heterocycles.